The number of rotatable bonds is 6. The summed E-state index contributed by atoms with van der Waals surface area (Å²) < 4.78 is 4.37. The maximum absolute atomic E-state index is 11.2. The molecule has 0 unspecified atom stereocenters. The van der Waals surface area contributed by atoms with Gasteiger partial charge in [0.1, 0.15) is 10.9 Å². The van der Waals surface area contributed by atoms with Crippen LogP contribution in [-0.4, -0.2) is 36.5 Å². The Bertz CT molecular complexity index is 157. The summed E-state index contributed by atoms with van der Waals surface area (Å²) in [5, 5.41) is 3.02. The van der Waals surface area contributed by atoms with E-state index in [1.807, 2.05) is 0 Å². The monoisotopic (exact) mass is 252 g/mol. The first-order valence-corrected chi connectivity index (χ1v) is 5.04. The average molecular weight is 253 g/mol. The first-order chi connectivity index (χ1) is 5.98. The van der Waals surface area contributed by atoms with Crippen LogP contribution in [0.2, 0.25) is 0 Å². The molecule has 4 nitrogen and oxygen atoms in total. The van der Waals surface area contributed by atoms with E-state index in [-0.39, 0.29) is 5.97 Å². The summed E-state index contributed by atoms with van der Waals surface area (Å²) in [6, 6.07) is 0. The van der Waals surface area contributed by atoms with Crippen molar-refractivity contribution in [3.05, 3.63) is 0 Å². The minimum Gasteiger partial charge on any atom is -0.463 e. The van der Waals surface area contributed by atoms with E-state index >= 15 is 0 Å². The average Bonchev–Trinajstić information content (AvgIpc) is 2.02. The van der Waals surface area contributed by atoms with Crippen molar-refractivity contribution in [2.24, 2.45) is 5.73 Å². The molecule has 0 aromatic rings. The van der Waals surface area contributed by atoms with Gasteiger partial charge in [-0.25, -0.2) is 0 Å². The van der Waals surface area contributed by atoms with Gasteiger partial charge in [0.25, 0.3) is 0 Å². The first kappa shape index (κ1) is 12.9. The Morgan fingerprint density at radius 3 is 2.62 bits per heavy atom. The van der Waals surface area contributed by atoms with E-state index in [1.165, 1.54) is 0 Å². The molecule has 0 aliphatic carbocycles. The molecule has 0 aromatic carbocycles. The van der Waals surface area contributed by atoms with Crippen molar-refractivity contribution in [1.29, 1.82) is 0 Å². The third-order valence-electron chi connectivity index (χ3n) is 1.32. The van der Waals surface area contributed by atoms with Crippen LogP contribution in [0.25, 0.3) is 0 Å². The standard InChI is InChI=1S/C8H17BrN2O2/c1-8(2,9)7(12)13-6-5-11-4-3-10/h11H,3-6,10H2,1-2H3. The molecule has 0 radical (unpaired) electrons. The summed E-state index contributed by atoms with van der Waals surface area (Å²) in [7, 11) is 0. The van der Waals surface area contributed by atoms with Gasteiger partial charge in [-0.2, -0.15) is 0 Å². The van der Waals surface area contributed by atoms with Crippen LogP contribution in [0.5, 0.6) is 0 Å². The zero-order valence-electron chi connectivity index (χ0n) is 8.10. The van der Waals surface area contributed by atoms with Gasteiger partial charge in [-0.3, -0.25) is 4.79 Å². The van der Waals surface area contributed by atoms with Crippen LogP contribution in [-0.2, 0) is 9.53 Å². The normalized spacial score (nSPS) is 11.4. The number of carbonyl (C=O) groups excluding carboxylic acids is 1. The molecule has 78 valence electrons. The minimum absolute atomic E-state index is 0.248. The lowest BCUT2D eigenvalue weighted by atomic mass is 10.2. The van der Waals surface area contributed by atoms with Crippen molar-refractivity contribution in [3.63, 3.8) is 0 Å². The molecule has 0 amide bonds. The maximum atomic E-state index is 11.2. The Labute approximate surface area is 87.3 Å². The van der Waals surface area contributed by atoms with Crippen molar-refractivity contribution in [2.75, 3.05) is 26.2 Å². The fourth-order valence-corrected chi connectivity index (χ4v) is 0.729. The Kier molecular flexibility index (Phi) is 6.28. The maximum Gasteiger partial charge on any atom is 0.322 e. The van der Waals surface area contributed by atoms with E-state index < -0.39 is 4.32 Å². The Hall–Kier alpha value is -0.130. The lowest BCUT2D eigenvalue weighted by Crippen LogP contribution is -2.31. The molecular weight excluding hydrogens is 236 g/mol. The van der Waals surface area contributed by atoms with Gasteiger partial charge in [0.05, 0.1) is 0 Å². The van der Waals surface area contributed by atoms with Gasteiger partial charge in [-0.1, -0.05) is 15.9 Å². The van der Waals surface area contributed by atoms with Gasteiger partial charge in [0, 0.05) is 19.6 Å². The smallest absolute Gasteiger partial charge is 0.322 e. The van der Waals surface area contributed by atoms with Gasteiger partial charge < -0.3 is 15.8 Å². The molecule has 0 saturated heterocycles. The second kappa shape index (κ2) is 6.34. The minimum atomic E-state index is -0.596. The second-order valence-electron chi connectivity index (χ2n) is 3.15. The number of nitrogens with one attached hydrogen (secondary N) is 1. The van der Waals surface area contributed by atoms with Gasteiger partial charge in [0.15, 0.2) is 0 Å². The number of hydrogen-bond acceptors (Lipinski definition) is 4. The summed E-state index contributed by atoms with van der Waals surface area (Å²) in [6.07, 6.45) is 0. The van der Waals surface area contributed by atoms with Crippen LogP contribution >= 0.6 is 15.9 Å². The van der Waals surface area contributed by atoms with Crippen molar-refractivity contribution in [2.45, 2.75) is 18.2 Å². The molecular formula is C8H17BrN2O2. The van der Waals surface area contributed by atoms with E-state index in [4.69, 9.17) is 10.5 Å². The summed E-state index contributed by atoms with van der Waals surface area (Å²) in [4.78, 5) is 11.2. The third-order valence-corrected chi connectivity index (χ3v) is 1.64. The highest BCUT2D eigenvalue weighted by Crippen LogP contribution is 2.16. The molecule has 0 rings (SSSR count). The van der Waals surface area contributed by atoms with Crippen LogP contribution in [0.1, 0.15) is 13.8 Å². The van der Waals surface area contributed by atoms with E-state index in [2.05, 4.69) is 21.2 Å². The van der Waals surface area contributed by atoms with Crippen molar-refractivity contribution in [3.8, 4) is 0 Å². The second-order valence-corrected chi connectivity index (χ2v) is 5.13. The molecule has 0 spiro atoms. The Balaban J connectivity index is 3.38. The molecule has 3 N–H and O–H groups in total. The predicted octanol–water partition coefficient (Wildman–Crippen LogP) is 0.251. The molecule has 0 atom stereocenters. The third kappa shape index (κ3) is 6.98. The fourth-order valence-electron chi connectivity index (χ4n) is 0.615. The van der Waals surface area contributed by atoms with Crippen LogP contribution in [0.4, 0.5) is 0 Å². The molecule has 0 aromatic heterocycles. The summed E-state index contributed by atoms with van der Waals surface area (Å²) in [5.74, 6) is -0.248. The highest BCUT2D eigenvalue weighted by Gasteiger charge is 2.24. The van der Waals surface area contributed by atoms with E-state index in [9.17, 15) is 4.79 Å². The van der Waals surface area contributed by atoms with Gasteiger partial charge in [0.2, 0.25) is 0 Å². The summed E-state index contributed by atoms with van der Waals surface area (Å²) in [6.45, 7) is 5.87. The quantitative estimate of drug-likeness (QED) is 0.404. The molecule has 0 saturated carbocycles. The highest BCUT2D eigenvalue weighted by atomic mass is 79.9. The van der Waals surface area contributed by atoms with E-state index in [1.54, 1.807) is 13.8 Å². The van der Waals surface area contributed by atoms with Crippen LogP contribution in [0, 0.1) is 0 Å². The molecule has 0 bridgehead atoms. The molecule has 0 heterocycles. The van der Waals surface area contributed by atoms with E-state index in [0.717, 1.165) is 6.54 Å². The molecule has 0 fully saturated rings. The zero-order chi connectivity index (χ0) is 10.3. The number of hydrogen-bond donors (Lipinski definition) is 2. The number of carbonyl (C=O) groups is 1. The topological polar surface area (TPSA) is 64.3 Å². The molecule has 0 aliphatic rings. The fraction of sp³-hybridized carbons (Fsp3) is 0.875. The number of nitrogens with two attached hydrogens (primary N) is 1. The number of esters is 1. The van der Waals surface area contributed by atoms with Gasteiger partial charge in [-0.15, -0.1) is 0 Å². The van der Waals surface area contributed by atoms with Gasteiger partial charge >= 0.3 is 5.97 Å². The highest BCUT2D eigenvalue weighted by molar-refractivity contribution is 9.10. The van der Waals surface area contributed by atoms with Crippen molar-refractivity contribution >= 4 is 21.9 Å². The van der Waals surface area contributed by atoms with Crippen LogP contribution < -0.4 is 11.1 Å². The number of ether oxygens (including phenoxy) is 1. The number of alkyl halides is 1. The Morgan fingerprint density at radius 2 is 2.15 bits per heavy atom. The summed E-state index contributed by atoms with van der Waals surface area (Å²) >= 11 is 3.21. The van der Waals surface area contributed by atoms with Crippen molar-refractivity contribution < 1.29 is 9.53 Å². The lowest BCUT2D eigenvalue weighted by molar-refractivity contribution is -0.145. The summed E-state index contributed by atoms with van der Waals surface area (Å²) in [5.41, 5.74) is 5.26. The largest absolute Gasteiger partial charge is 0.463 e. The molecule has 5 heteroatoms. The molecule has 13 heavy (non-hydrogen) atoms. The van der Waals surface area contributed by atoms with Crippen LogP contribution in [0.3, 0.4) is 0 Å². The lowest BCUT2D eigenvalue weighted by Gasteiger charge is -2.14. The molecule has 0 aliphatic heterocycles. The zero-order valence-corrected chi connectivity index (χ0v) is 9.69. The number of halogens is 1. The van der Waals surface area contributed by atoms with E-state index in [0.29, 0.717) is 19.7 Å². The van der Waals surface area contributed by atoms with Crippen molar-refractivity contribution in [1.82, 2.24) is 5.32 Å². The SMILES string of the molecule is CC(C)(Br)C(=O)OCCNCCN. The van der Waals surface area contributed by atoms with Gasteiger partial charge in [-0.05, 0) is 13.8 Å². The van der Waals surface area contributed by atoms with Crippen LogP contribution in [0.15, 0.2) is 0 Å². The predicted molar refractivity (Wildman–Crippen MR) is 55.9 cm³/mol. The Morgan fingerprint density at radius 1 is 1.54 bits per heavy atom. The first-order valence-electron chi connectivity index (χ1n) is 4.25.